The zero-order valence-corrected chi connectivity index (χ0v) is 14.8. The highest BCUT2D eigenvalue weighted by atomic mass is 16.6. The average molecular weight is 321 g/mol. The van der Waals surface area contributed by atoms with E-state index in [4.69, 9.17) is 9.47 Å². The number of ketones is 1. The summed E-state index contributed by atoms with van der Waals surface area (Å²) >= 11 is 0. The Morgan fingerprint density at radius 2 is 1.83 bits per heavy atom. The van der Waals surface area contributed by atoms with E-state index in [1.54, 1.807) is 11.0 Å². The first-order valence-electron chi connectivity index (χ1n) is 8.23. The Kier molecular flexibility index (Phi) is 4.87. The minimum atomic E-state index is -0.498. The molecule has 0 aromatic rings. The van der Waals surface area contributed by atoms with Gasteiger partial charge in [-0.1, -0.05) is 6.08 Å². The lowest BCUT2D eigenvalue weighted by molar-refractivity contribution is -0.129. The first-order valence-corrected chi connectivity index (χ1v) is 8.23. The molecule has 0 aromatic carbocycles. The van der Waals surface area contributed by atoms with Crippen LogP contribution in [-0.2, 0) is 14.3 Å². The smallest absolute Gasteiger partial charge is 0.410 e. The number of nitrogens with zero attached hydrogens (tertiary/aromatic N) is 1. The summed E-state index contributed by atoms with van der Waals surface area (Å²) in [4.78, 5) is 26.2. The van der Waals surface area contributed by atoms with Crippen LogP contribution in [0.1, 0.15) is 53.9 Å². The van der Waals surface area contributed by atoms with Gasteiger partial charge in [0.05, 0.1) is 12.0 Å². The SMILES string of the molecule is CC=C1OC2(CCN(C(=O)OC(C)(C)C)CC2)CC(=O)C1=CC. The highest BCUT2D eigenvalue weighted by molar-refractivity contribution is 6.00. The fourth-order valence-electron chi connectivity index (χ4n) is 3.07. The zero-order valence-electron chi connectivity index (χ0n) is 14.8. The van der Waals surface area contributed by atoms with Gasteiger partial charge in [0, 0.05) is 25.9 Å². The molecule has 2 fully saturated rings. The molecule has 2 heterocycles. The van der Waals surface area contributed by atoms with Gasteiger partial charge in [-0.05, 0) is 40.7 Å². The fourth-order valence-corrected chi connectivity index (χ4v) is 3.07. The van der Waals surface area contributed by atoms with Crippen LogP contribution in [0.25, 0.3) is 0 Å². The first kappa shape index (κ1) is 17.6. The van der Waals surface area contributed by atoms with Crippen LogP contribution in [0.4, 0.5) is 4.79 Å². The second kappa shape index (κ2) is 6.38. The number of rotatable bonds is 0. The molecular weight excluding hydrogens is 294 g/mol. The quantitative estimate of drug-likeness (QED) is 0.640. The molecular formula is C18H27NO4. The molecule has 0 aliphatic carbocycles. The third-order valence-electron chi connectivity index (χ3n) is 4.25. The largest absolute Gasteiger partial charge is 0.486 e. The standard InChI is InChI=1S/C18H27NO4/c1-6-13-14(20)12-18(22-15(13)7-2)8-10-19(11-9-18)16(21)23-17(3,4)5/h6-7H,8-12H2,1-5H3. The Labute approximate surface area is 138 Å². The molecule has 128 valence electrons. The van der Waals surface area contributed by atoms with Gasteiger partial charge in [0.15, 0.2) is 5.78 Å². The number of ether oxygens (including phenoxy) is 2. The molecule has 2 rings (SSSR count). The van der Waals surface area contributed by atoms with Crippen LogP contribution < -0.4 is 0 Å². The summed E-state index contributed by atoms with van der Waals surface area (Å²) in [5, 5.41) is 0. The molecule has 0 bridgehead atoms. The van der Waals surface area contributed by atoms with Gasteiger partial charge in [-0.25, -0.2) is 4.79 Å². The summed E-state index contributed by atoms with van der Waals surface area (Å²) < 4.78 is 11.6. The lowest BCUT2D eigenvalue weighted by Gasteiger charge is -2.44. The molecule has 23 heavy (non-hydrogen) atoms. The predicted octanol–water partition coefficient (Wildman–Crippen LogP) is 3.60. The predicted molar refractivity (Wildman–Crippen MR) is 88.0 cm³/mol. The molecule has 0 radical (unpaired) electrons. The van der Waals surface area contributed by atoms with Crippen molar-refractivity contribution in [1.82, 2.24) is 4.90 Å². The Hall–Kier alpha value is -1.78. The highest BCUT2D eigenvalue weighted by Crippen LogP contribution is 2.39. The lowest BCUT2D eigenvalue weighted by atomic mass is 9.82. The minimum Gasteiger partial charge on any atom is -0.486 e. The number of amides is 1. The van der Waals surface area contributed by atoms with Crippen molar-refractivity contribution < 1.29 is 19.1 Å². The normalized spacial score (nSPS) is 24.9. The highest BCUT2D eigenvalue weighted by Gasteiger charge is 2.45. The van der Waals surface area contributed by atoms with Crippen LogP contribution in [0.15, 0.2) is 23.5 Å². The number of likely N-dealkylation sites (tertiary alicyclic amines) is 1. The average Bonchev–Trinajstić information content (AvgIpc) is 2.45. The zero-order chi connectivity index (χ0) is 17.3. The van der Waals surface area contributed by atoms with Crippen molar-refractivity contribution in [3.05, 3.63) is 23.5 Å². The van der Waals surface area contributed by atoms with Gasteiger partial charge in [0.25, 0.3) is 0 Å². The summed E-state index contributed by atoms with van der Waals surface area (Å²) in [7, 11) is 0. The van der Waals surface area contributed by atoms with Gasteiger partial charge in [-0.3, -0.25) is 4.79 Å². The van der Waals surface area contributed by atoms with Crippen molar-refractivity contribution in [2.45, 2.75) is 65.1 Å². The van der Waals surface area contributed by atoms with E-state index in [0.29, 0.717) is 43.7 Å². The van der Waals surface area contributed by atoms with E-state index in [1.807, 2.05) is 40.7 Å². The van der Waals surface area contributed by atoms with Crippen LogP contribution in [0, 0.1) is 0 Å². The maximum atomic E-state index is 12.4. The molecule has 5 heteroatoms. The fraction of sp³-hybridized carbons (Fsp3) is 0.667. The summed E-state index contributed by atoms with van der Waals surface area (Å²) in [6.45, 7) is 10.4. The van der Waals surface area contributed by atoms with Crippen molar-refractivity contribution in [3.8, 4) is 0 Å². The summed E-state index contributed by atoms with van der Waals surface area (Å²) in [5.74, 6) is 0.784. The number of hydrogen-bond acceptors (Lipinski definition) is 4. The topological polar surface area (TPSA) is 55.8 Å². The summed E-state index contributed by atoms with van der Waals surface area (Å²) in [6.07, 6.45) is 5.02. The van der Waals surface area contributed by atoms with Crippen LogP contribution in [-0.4, -0.2) is 41.1 Å². The minimum absolute atomic E-state index is 0.123. The summed E-state index contributed by atoms with van der Waals surface area (Å²) in [5.41, 5.74) is -0.320. The van der Waals surface area contributed by atoms with E-state index in [9.17, 15) is 9.59 Å². The van der Waals surface area contributed by atoms with E-state index in [2.05, 4.69) is 0 Å². The van der Waals surface area contributed by atoms with Crippen molar-refractivity contribution in [1.29, 1.82) is 0 Å². The monoisotopic (exact) mass is 321 g/mol. The molecule has 2 saturated heterocycles. The Morgan fingerprint density at radius 3 is 2.30 bits per heavy atom. The third-order valence-corrected chi connectivity index (χ3v) is 4.25. The van der Waals surface area contributed by atoms with E-state index in [1.165, 1.54) is 0 Å². The molecule has 1 spiro atoms. The van der Waals surface area contributed by atoms with Crippen LogP contribution >= 0.6 is 0 Å². The lowest BCUT2D eigenvalue weighted by Crippen LogP contribution is -2.51. The van der Waals surface area contributed by atoms with Gasteiger partial charge in [0.1, 0.15) is 17.0 Å². The molecule has 1 amide bonds. The molecule has 0 atom stereocenters. The maximum absolute atomic E-state index is 12.4. The number of carbonyl (C=O) groups is 2. The van der Waals surface area contributed by atoms with Crippen LogP contribution in [0.3, 0.4) is 0 Å². The number of Topliss-reactive ketones (excluding diaryl/α,β-unsaturated/α-hetero) is 1. The van der Waals surface area contributed by atoms with E-state index in [0.717, 1.165) is 0 Å². The van der Waals surface area contributed by atoms with Crippen molar-refractivity contribution in [3.63, 3.8) is 0 Å². The van der Waals surface area contributed by atoms with E-state index >= 15 is 0 Å². The third kappa shape index (κ3) is 3.95. The van der Waals surface area contributed by atoms with Gasteiger partial charge < -0.3 is 14.4 Å². The number of piperidine rings is 1. The van der Waals surface area contributed by atoms with Gasteiger partial charge in [-0.2, -0.15) is 0 Å². The van der Waals surface area contributed by atoms with Crippen LogP contribution in [0.2, 0.25) is 0 Å². The molecule has 2 aliphatic heterocycles. The number of hydrogen-bond donors (Lipinski definition) is 0. The molecule has 0 unspecified atom stereocenters. The van der Waals surface area contributed by atoms with E-state index in [-0.39, 0.29) is 11.9 Å². The van der Waals surface area contributed by atoms with Gasteiger partial charge in [-0.15, -0.1) is 0 Å². The first-order chi connectivity index (χ1) is 10.7. The number of carbonyl (C=O) groups excluding carboxylic acids is 2. The van der Waals surface area contributed by atoms with Crippen LogP contribution in [0.5, 0.6) is 0 Å². The molecule has 2 aliphatic rings. The van der Waals surface area contributed by atoms with Gasteiger partial charge >= 0.3 is 6.09 Å². The Bertz CT molecular complexity index is 546. The van der Waals surface area contributed by atoms with Crippen molar-refractivity contribution in [2.24, 2.45) is 0 Å². The van der Waals surface area contributed by atoms with Crippen molar-refractivity contribution >= 4 is 11.9 Å². The molecule has 0 N–H and O–H groups in total. The maximum Gasteiger partial charge on any atom is 0.410 e. The summed E-state index contributed by atoms with van der Waals surface area (Å²) in [6, 6.07) is 0. The molecule has 0 aromatic heterocycles. The molecule has 0 saturated carbocycles. The Morgan fingerprint density at radius 1 is 1.22 bits per heavy atom. The second-order valence-electron chi connectivity index (χ2n) is 7.21. The van der Waals surface area contributed by atoms with E-state index < -0.39 is 11.2 Å². The Balaban J connectivity index is 2.04. The second-order valence-corrected chi connectivity index (χ2v) is 7.21. The van der Waals surface area contributed by atoms with Gasteiger partial charge in [0.2, 0.25) is 0 Å². The van der Waals surface area contributed by atoms with Crippen molar-refractivity contribution in [2.75, 3.05) is 13.1 Å². The molecule has 5 nitrogen and oxygen atoms in total. The number of allylic oxidation sites excluding steroid dienone is 3.